The lowest BCUT2D eigenvalue weighted by atomic mass is 10.1. The van der Waals surface area contributed by atoms with Gasteiger partial charge in [0.05, 0.1) is 5.56 Å². The highest BCUT2D eigenvalue weighted by atomic mass is 16.1. The van der Waals surface area contributed by atoms with Crippen LogP contribution < -0.4 is 10.6 Å². The lowest BCUT2D eigenvalue weighted by Gasteiger charge is -2.08. The Labute approximate surface area is 154 Å². The minimum atomic E-state index is -0.0901. The van der Waals surface area contributed by atoms with Gasteiger partial charge >= 0.3 is 0 Å². The van der Waals surface area contributed by atoms with Crippen molar-refractivity contribution < 1.29 is 4.79 Å². The molecule has 0 unspecified atom stereocenters. The molecule has 0 spiro atoms. The maximum atomic E-state index is 12.2. The maximum absolute atomic E-state index is 12.2. The van der Waals surface area contributed by atoms with E-state index in [1.807, 2.05) is 49.4 Å². The van der Waals surface area contributed by atoms with E-state index in [2.05, 4.69) is 33.8 Å². The van der Waals surface area contributed by atoms with Crippen LogP contribution in [-0.2, 0) is 6.42 Å². The molecule has 2 N–H and O–H groups in total. The Balaban J connectivity index is 1.47. The smallest absolute Gasteiger partial charge is 0.252 e. The summed E-state index contributed by atoms with van der Waals surface area (Å²) in [4.78, 5) is 16.5. The SMILES string of the molecule is Cc1cccc(Nc2ccc(C(=O)NCCCc3ccccc3)cn2)c1. The summed E-state index contributed by atoms with van der Waals surface area (Å²) in [5, 5.41) is 6.19. The lowest BCUT2D eigenvalue weighted by molar-refractivity contribution is 0.0953. The summed E-state index contributed by atoms with van der Waals surface area (Å²) in [5.74, 6) is 0.629. The largest absolute Gasteiger partial charge is 0.352 e. The number of hydrogen-bond donors (Lipinski definition) is 2. The fourth-order valence-corrected chi connectivity index (χ4v) is 2.71. The second-order valence-corrected chi connectivity index (χ2v) is 6.27. The molecule has 0 saturated heterocycles. The van der Waals surface area contributed by atoms with Crippen LogP contribution in [0.5, 0.6) is 0 Å². The van der Waals surface area contributed by atoms with Gasteiger partial charge in [-0.3, -0.25) is 4.79 Å². The highest BCUT2D eigenvalue weighted by Crippen LogP contribution is 2.15. The van der Waals surface area contributed by atoms with E-state index >= 15 is 0 Å². The van der Waals surface area contributed by atoms with E-state index in [9.17, 15) is 4.79 Å². The molecular weight excluding hydrogens is 322 g/mol. The third-order valence-corrected chi connectivity index (χ3v) is 4.09. The highest BCUT2D eigenvalue weighted by Gasteiger charge is 2.06. The highest BCUT2D eigenvalue weighted by molar-refractivity contribution is 5.94. The fourth-order valence-electron chi connectivity index (χ4n) is 2.71. The molecule has 3 rings (SSSR count). The quantitative estimate of drug-likeness (QED) is 0.620. The van der Waals surface area contributed by atoms with Gasteiger partial charge in [-0.1, -0.05) is 42.5 Å². The van der Waals surface area contributed by atoms with Crippen LogP contribution in [0.15, 0.2) is 72.9 Å². The van der Waals surface area contributed by atoms with Gasteiger partial charge in [0.1, 0.15) is 5.82 Å². The van der Waals surface area contributed by atoms with Crippen molar-refractivity contribution in [3.05, 3.63) is 89.6 Å². The zero-order valence-corrected chi connectivity index (χ0v) is 14.9. The number of rotatable bonds is 7. The standard InChI is InChI=1S/C22H23N3O/c1-17-7-5-11-20(15-17)25-21-13-12-19(16-24-21)22(26)23-14-6-10-18-8-3-2-4-9-18/h2-5,7-9,11-13,15-16H,6,10,14H2,1H3,(H,23,26)(H,24,25). The molecule has 132 valence electrons. The number of benzene rings is 2. The van der Waals surface area contributed by atoms with Crippen molar-refractivity contribution in [2.45, 2.75) is 19.8 Å². The zero-order valence-electron chi connectivity index (χ0n) is 14.9. The van der Waals surface area contributed by atoms with Gasteiger partial charge in [0, 0.05) is 18.4 Å². The Hall–Kier alpha value is -3.14. The van der Waals surface area contributed by atoms with E-state index in [1.54, 1.807) is 12.3 Å². The van der Waals surface area contributed by atoms with Crippen LogP contribution in [0.3, 0.4) is 0 Å². The van der Waals surface area contributed by atoms with Crippen molar-refractivity contribution in [2.24, 2.45) is 0 Å². The summed E-state index contributed by atoms with van der Waals surface area (Å²) in [6.07, 6.45) is 3.47. The Morgan fingerprint density at radius 2 is 1.85 bits per heavy atom. The topological polar surface area (TPSA) is 54.0 Å². The first-order valence-corrected chi connectivity index (χ1v) is 8.82. The molecule has 1 amide bonds. The zero-order chi connectivity index (χ0) is 18.2. The molecular formula is C22H23N3O. The van der Waals surface area contributed by atoms with Gasteiger partial charge in [-0.2, -0.15) is 0 Å². The van der Waals surface area contributed by atoms with Crippen molar-refractivity contribution in [3.63, 3.8) is 0 Å². The third kappa shape index (κ3) is 5.18. The second kappa shape index (κ2) is 8.81. The molecule has 0 bridgehead atoms. The molecule has 2 aromatic carbocycles. The average Bonchev–Trinajstić information content (AvgIpc) is 2.66. The number of nitrogens with one attached hydrogen (secondary N) is 2. The van der Waals surface area contributed by atoms with Gasteiger partial charge in [-0.25, -0.2) is 4.98 Å². The summed E-state index contributed by atoms with van der Waals surface area (Å²) >= 11 is 0. The van der Waals surface area contributed by atoms with Gasteiger partial charge in [0.25, 0.3) is 5.91 Å². The van der Waals surface area contributed by atoms with E-state index in [0.29, 0.717) is 12.1 Å². The van der Waals surface area contributed by atoms with E-state index in [0.717, 1.165) is 24.3 Å². The molecule has 3 aromatic rings. The maximum Gasteiger partial charge on any atom is 0.252 e. The predicted octanol–water partition coefficient (Wildman–Crippen LogP) is 4.50. The molecule has 0 aliphatic heterocycles. The number of carbonyl (C=O) groups excluding carboxylic acids is 1. The minimum Gasteiger partial charge on any atom is -0.352 e. The summed E-state index contributed by atoms with van der Waals surface area (Å²) < 4.78 is 0. The molecule has 4 heteroatoms. The van der Waals surface area contributed by atoms with Crippen molar-refractivity contribution in [3.8, 4) is 0 Å². The van der Waals surface area contributed by atoms with E-state index < -0.39 is 0 Å². The summed E-state index contributed by atoms with van der Waals surface area (Å²) in [6, 6.07) is 22.0. The predicted molar refractivity (Wildman–Crippen MR) is 106 cm³/mol. The summed E-state index contributed by atoms with van der Waals surface area (Å²) in [6.45, 7) is 2.70. The molecule has 0 radical (unpaired) electrons. The van der Waals surface area contributed by atoms with Gasteiger partial charge in [-0.05, 0) is 55.2 Å². The van der Waals surface area contributed by atoms with Crippen LogP contribution in [0.2, 0.25) is 0 Å². The van der Waals surface area contributed by atoms with Crippen molar-refractivity contribution >= 4 is 17.4 Å². The normalized spacial score (nSPS) is 10.3. The second-order valence-electron chi connectivity index (χ2n) is 6.27. The molecule has 1 aromatic heterocycles. The van der Waals surface area contributed by atoms with Gasteiger partial charge < -0.3 is 10.6 Å². The first-order chi connectivity index (χ1) is 12.7. The van der Waals surface area contributed by atoms with Crippen LogP contribution in [0.25, 0.3) is 0 Å². The number of carbonyl (C=O) groups is 1. The Morgan fingerprint density at radius 1 is 1.00 bits per heavy atom. The lowest BCUT2D eigenvalue weighted by Crippen LogP contribution is -2.24. The third-order valence-electron chi connectivity index (χ3n) is 4.09. The molecule has 0 fully saturated rings. The number of amides is 1. The van der Waals surface area contributed by atoms with Gasteiger partial charge in [0.15, 0.2) is 0 Å². The summed E-state index contributed by atoms with van der Waals surface area (Å²) in [7, 11) is 0. The van der Waals surface area contributed by atoms with Gasteiger partial charge in [-0.15, -0.1) is 0 Å². The number of nitrogens with zero attached hydrogens (tertiary/aromatic N) is 1. The molecule has 0 aliphatic carbocycles. The average molecular weight is 345 g/mol. The number of pyridine rings is 1. The molecule has 0 atom stereocenters. The van der Waals surface area contributed by atoms with Crippen LogP contribution in [0, 0.1) is 6.92 Å². The fraction of sp³-hybridized carbons (Fsp3) is 0.182. The molecule has 4 nitrogen and oxygen atoms in total. The van der Waals surface area contributed by atoms with E-state index in [-0.39, 0.29) is 5.91 Å². The first-order valence-electron chi connectivity index (χ1n) is 8.82. The van der Waals surface area contributed by atoms with Crippen LogP contribution in [0.1, 0.15) is 27.9 Å². The number of aromatic nitrogens is 1. The summed E-state index contributed by atoms with van der Waals surface area (Å²) in [5.41, 5.74) is 4.02. The van der Waals surface area contributed by atoms with E-state index in [4.69, 9.17) is 0 Å². The molecule has 26 heavy (non-hydrogen) atoms. The van der Waals surface area contributed by atoms with Crippen molar-refractivity contribution in [1.29, 1.82) is 0 Å². The Morgan fingerprint density at radius 3 is 2.58 bits per heavy atom. The monoisotopic (exact) mass is 345 g/mol. The molecule has 0 aliphatic rings. The number of aryl methyl sites for hydroxylation is 2. The van der Waals surface area contributed by atoms with Crippen LogP contribution in [0.4, 0.5) is 11.5 Å². The van der Waals surface area contributed by atoms with Crippen molar-refractivity contribution in [1.82, 2.24) is 10.3 Å². The van der Waals surface area contributed by atoms with Crippen molar-refractivity contribution in [2.75, 3.05) is 11.9 Å². The number of hydrogen-bond acceptors (Lipinski definition) is 3. The Kier molecular flexibility index (Phi) is 5.99. The minimum absolute atomic E-state index is 0.0901. The van der Waals surface area contributed by atoms with E-state index in [1.165, 1.54) is 11.1 Å². The molecule has 1 heterocycles. The first kappa shape index (κ1) is 17.7. The van der Waals surface area contributed by atoms with Crippen LogP contribution in [-0.4, -0.2) is 17.4 Å². The van der Waals surface area contributed by atoms with Gasteiger partial charge in [0.2, 0.25) is 0 Å². The number of anilines is 2. The molecule has 0 saturated carbocycles. The Bertz CT molecular complexity index is 845. The van der Waals surface area contributed by atoms with Crippen LogP contribution >= 0.6 is 0 Å².